The number of fused-ring (bicyclic) bond motifs is 1. The summed E-state index contributed by atoms with van der Waals surface area (Å²) in [5, 5.41) is 14.0. The number of hydrogen-bond acceptors (Lipinski definition) is 5. The second kappa shape index (κ2) is 7.03. The predicted octanol–water partition coefficient (Wildman–Crippen LogP) is 3.04. The zero-order valence-corrected chi connectivity index (χ0v) is 14.6. The Labute approximate surface area is 146 Å². The molecule has 0 aliphatic carbocycles. The van der Waals surface area contributed by atoms with Gasteiger partial charge in [-0.25, -0.2) is 4.98 Å². The van der Waals surface area contributed by atoms with Crippen molar-refractivity contribution >= 4 is 17.0 Å². The summed E-state index contributed by atoms with van der Waals surface area (Å²) in [4.78, 5) is 19.2. The Hall–Kier alpha value is -2.73. The van der Waals surface area contributed by atoms with Crippen molar-refractivity contribution in [1.82, 2.24) is 15.0 Å². The summed E-state index contributed by atoms with van der Waals surface area (Å²) in [7, 11) is 1.75. The molecule has 6 heteroatoms. The molecule has 0 fully saturated rings. The van der Waals surface area contributed by atoms with E-state index in [-0.39, 0.29) is 18.6 Å². The van der Waals surface area contributed by atoms with Crippen molar-refractivity contribution in [2.24, 2.45) is 0 Å². The Morgan fingerprint density at radius 2 is 2.00 bits per heavy atom. The van der Waals surface area contributed by atoms with Crippen molar-refractivity contribution < 1.29 is 14.4 Å². The van der Waals surface area contributed by atoms with Crippen LogP contribution in [0.5, 0.6) is 0 Å². The van der Waals surface area contributed by atoms with Crippen molar-refractivity contribution in [2.75, 3.05) is 13.7 Å². The number of carbonyl (C=O) groups excluding carboxylic acids is 1. The first-order valence-corrected chi connectivity index (χ1v) is 8.19. The van der Waals surface area contributed by atoms with Gasteiger partial charge in [-0.2, -0.15) is 0 Å². The molecule has 0 saturated heterocycles. The average molecular weight is 339 g/mol. The lowest BCUT2D eigenvalue weighted by molar-refractivity contribution is 0.0707. The molecular weight excluding hydrogens is 318 g/mol. The third-order valence-electron chi connectivity index (χ3n) is 4.35. The Bertz CT molecular complexity index is 890. The van der Waals surface area contributed by atoms with Gasteiger partial charge in [-0.05, 0) is 31.9 Å². The Balaban J connectivity index is 2.03. The van der Waals surface area contributed by atoms with Crippen molar-refractivity contribution in [3.05, 3.63) is 58.9 Å². The number of pyridine rings is 1. The molecule has 3 aromatic rings. The number of aliphatic hydroxyl groups is 1. The number of hydrogen-bond donors (Lipinski definition) is 1. The lowest BCUT2D eigenvalue weighted by atomic mass is 10.0. The molecule has 1 amide bonds. The SMILES string of the molecule is Cc1cc(C(=O)N(C)C(CCO)c2ccccc2)c2c(C)noc2n1. The monoisotopic (exact) mass is 339 g/mol. The maximum Gasteiger partial charge on any atom is 0.258 e. The van der Waals surface area contributed by atoms with Crippen LogP contribution in [0.15, 0.2) is 40.9 Å². The first-order valence-electron chi connectivity index (χ1n) is 8.19. The number of benzene rings is 1. The van der Waals surface area contributed by atoms with E-state index in [0.29, 0.717) is 34.5 Å². The van der Waals surface area contributed by atoms with E-state index in [1.807, 2.05) is 37.3 Å². The fourth-order valence-electron chi connectivity index (χ4n) is 3.10. The van der Waals surface area contributed by atoms with E-state index in [2.05, 4.69) is 10.1 Å². The third-order valence-corrected chi connectivity index (χ3v) is 4.35. The number of nitrogens with zero attached hydrogens (tertiary/aromatic N) is 3. The summed E-state index contributed by atoms with van der Waals surface area (Å²) < 4.78 is 5.22. The van der Waals surface area contributed by atoms with E-state index in [4.69, 9.17) is 4.52 Å². The number of amides is 1. The van der Waals surface area contributed by atoms with Gasteiger partial charge in [0.1, 0.15) is 0 Å². The van der Waals surface area contributed by atoms with Gasteiger partial charge in [0.15, 0.2) is 0 Å². The van der Waals surface area contributed by atoms with Gasteiger partial charge < -0.3 is 14.5 Å². The minimum absolute atomic E-state index is 0.00570. The molecule has 0 spiro atoms. The lowest BCUT2D eigenvalue weighted by Gasteiger charge is -2.28. The highest BCUT2D eigenvalue weighted by Crippen LogP contribution is 2.28. The molecule has 2 heterocycles. The van der Waals surface area contributed by atoms with E-state index >= 15 is 0 Å². The zero-order chi connectivity index (χ0) is 18.0. The van der Waals surface area contributed by atoms with Crippen molar-refractivity contribution in [3.63, 3.8) is 0 Å². The number of carbonyl (C=O) groups is 1. The molecule has 0 aliphatic rings. The van der Waals surface area contributed by atoms with Crippen molar-refractivity contribution in [1.29, 1.82) is 0 Å². The normalized spacial score (nSPS) is 12.3. The van der Waals surface area contributed by atoms with Gasteiger partial charge in [0.05, 0.1) is 22.7 Å². The van der Waals surface area contributed by atoms with Gasteiger partial charge in [-0.15, -0.1) is 0 Å². The van der Waals surface area contributed by atoms with Gasteiger partial charge >= 0.3 is 0 Å². The highest BCUT2D eigenvalue weighted by molar-refractivity contribution is 6.06. The summed E-state index contributed by atoms with van der Waals surface area (Å²) in [6.45, 7) is 3.60. The van der Waals surface area contributed by atoms with Gasteiger partial charge in [0.25, 0.3) is 11.6 Å². The molecule has 0 bridgehead atoms. The molecule has 6 nitrogen and oxygen atoms in total. The topological polar surface area (TPSA) is 79.5 Å². The molecule has 1 aromatic carbocycles. The molecule has 130 valence electrons. The van der Waals surface area contributed by atoms with Crippen LogP contribution in [0.1, 0.15) is 39.8 Å². The number of aliphatic hydroxyl groups excluding tert-OH is 1. The molecule has 0 saturated carbocycles. The molecule has 2 aromatic heterocycles. The second-order valence-corrected chi connectivity index (χ2v) is 6.11. The van der Waals surface area contributed by atoms with E-state index in [1.165, 1.54) is 0 Å². The van der Waals surface area contributed by atoms with Crippen LogP contribution in [-0.2, 0) is 0 Å². The second-order valence-electron chi connectivity index (χ2n) is 6.11. The van der Waals surface area contributed by atoms with Crippen LogP contribution >= 0.6 is 0 Å². The molecule has 1 N–H and O–H groups in total. The fraction of sp³-hybridized carbons (Fsp3) is 0.316. The summed E-state index contributed by atoms with van der Waals surface area (Å²) >= 11 is 0. The third kappa shape index (κ3) is 3.25. The van der Waals surface area contributed by atoms with Crippen LogP contribution in [0.2, 0.25) is 0 Å². The van der Waals surface area contributed by atoms with Crippen molar-refractivity contribution in [2.45, 2.75) is 26.3 Å². The first-order chi connectivity index (χ1) is 12.0. The summed E-state index contributed by atoms with van der Waals surface area (Å²) in [5.74, 6) is -0.149. The molecule has 3 rings (SSSR count). The highest BCUT2D eigenvalue weighted by Gasteiger charge is 2.26. The summed E-state index contributed by atoms with van der Waals surface area (Å²) in [6.07, 6.45) is 0.460. The highest BCUT2D eigenvalue weighted by atomic mass is 16.5. The van der Waals surface area contributed by atoms with E-state index < -0.39 is 0 Å². The molecular formula is C19H21N3O3. The molecule has 25 heavy (non-hydrogen) atoms. The van der Waals surface area contributed by atoms with Gasteiger partial charge in [-0.3, -0.25) is 4.79 Å². The zero-order valence-electron chi connectivity index (χ0n) is 14.6. The molecule has 1 unspecified atom stereocenters. The van der Waals surface area contributed by atoms with Crippen LogP contribution in [0.4, 0.5) is 0 Å². The van der Waals surface area contributed by atoms with Crippen LogP contribution in [0.3, 0.4) is 0 Å². The lowest BCUT2D eigenvalue weighted by Crippen LogP contribution is -2.32. The number of aryl methyl sites for hydroxylation is 2. The van der Waals surface area contributed by atoms with Crippen molar-refractivity contribution in [3.8, 4) is 0 Å². The smallest absolute Gasteiger partial charge is 0.258 e. The average Bonchev–Trinajstić information content (AvgIpc) is 2.99. The quantitative estimate of drug-likeness (QED) is 0.773. The minimum Gasteiger partial charge on any atom is -0.396 e. The first kappa shape index (κ1) is 17.1. The maximum atomic E-state index is 13.2. The standard InChI is InChI=1S/C19H21N3O3/c1-12-11-15(17-13(2)21-25-18(17)20-12)19(24)22(3)16(9-10-23)14-7-5-4-6-8-14/h4-8,11,16,23H,9-10H2,1-3H3. The predicted molar refractivity (Wildman–Crippen MR) is 94.3 cm³/mol. The van der Waals surface area contributed by atoms with Gasteiger partial charge in [0, 0.05) is 19.3 Å². The van der Waals surface area contributed by atoms with E-state index in [1.54, 1.807) is 24.9 Å². The molecule has 0 aliphatic heterocycles. The van der Waals surface area contributed by atoms with Gasteiger partial charge in [0.2, 0.25) is 0 Å². The van der Waals surface area contributed by atoms with Crippen LogP contribution in [-0.4, -0.2) is 39.7 Å². The Kier molecular flexibility index (Phi) is 4.81. The summed E-state index contributed by atoms with van der Waals surface area (Å²) in [6, 6.07) is 11.2. The van der Waals surface area contributed by atoms with Gasteiger partial charge in [-0.1, -0.05) is 35.5 Å². The van der Waals surface area contributed by atoms with E-state index in [0.717, 1.165) is 5.56 Å². The largest absolute Gasteiger partial charge is 0.396 e. The maximum absolute atomic E-state index is 13.2. The van der Waals surface area contributed by atoms with Crippen LogP contribution < -0.4 is 0 Å². The minimum atomic E-state index is -0.220. The molecule has 0 radical (unpaired) electrons. The number of aromatic nitrogens is 2. The fourth-order valence-corrected chi connectivity index (χ4v) is 3.10. The van der Waals surface area contributed by atoms with Crippen LogP contribution in [0, 0.1) is 13.8 Å². The van der Waals surface area contributed by atoms with E-state index in [9.17, 15) is 9.90 Å². The Morgan fingerprint density at radius 3 is 2.68 bits per heavy atom. The summed E-state index contributed by atoms with van der Waals surface area (Å²) in [5.41, 5.74) is 3.20. The van der Waals surface area contributed by atoms with Crippen LogP contribution in [0.25, 0.3) is 11.1 Å². The number of rotatable bonds is 5. The molecule has 1 atom stereocenters. The Morgan fingerprint density at radius 1 is 1.28 bits per heavy atom.